The van der Waals surface area contributed by atoms with Crippen LogP contribution in [0.3, 0.4) is 0 Å². The SMILES string of the molecule is C=C1CC[C@H](CC(C)(C)[Si](C)(C)O)C/C1=C\C=C1/CCC[C@@]2(C)C1CCC2[C@H](C)CO. The molecule has 0 amide bonds. The molecule has 2 N–H and O–H groups in total. The van der Waals surface area contributed by atoms with E-state index in [1.807, 2.05) is 0 Å². The van der Waals surface area contributed by atoms with E-state index in [4.69, 9.17) is 0 Å². The summed E-state index contributed by atoms with van der Waals surface area (Å²) in [6.07, 6.45) is 15.8. The average molecular weight is 445 g/mol. The summed E-state index contributed by atoms with van der Waals surface area (Å²) < 4.78 is 0. The third-order valence-electron chi connectivity index (χ3n) is 9.78. The Kier molecular flexibility index (Phi) is 7.50. The zero-order valence-electron chi connectivity index (χ0n) is 21.1. The Hall–Kier alpha value is -0.643. The molecule has 0 bridgehead atoms. The highest BCUT2D eigenvalue weighted by atomic mass is 28.4. The van der Waals surface area contributed by atoms with E-state index in [0.29, 0.717) is 35.7 Å². The van der Waals surface area contributed by atoms with E-state index in [2.05, 4.69) is 59.5 Å². The lowest BCUT2D eigenvalue weighted by Gasteiger charge is -2.44. The van der Waals surface area contributed by atoms with Crippen molar-refractivity contribution in [2.45, 2.75) is 104 Å². The predicted molar refractivity (Wildman–Crippen MR) is 135 cm³/mol. The van der Waals surface area contributed by atoms with E-state index in [1.54, 1.807) is 5.57 Å². The summed E-state index contributed by atoms with van der Waals surface area (Å²) >= 11 is 0. The monoisotopic (exact) mass is 444 g/mol. The Morgan fingerprint density at radius 2 is 1.90 bits per heavy atom. The number of fused-ring (bicyclic) bond motifs is 1. The average Bonchev–Trinajstić information content (AvgIpc) is 3.04. The number of aliphatic hydroxyl groups is 1. The first-order valence-electron chi connectivity index (χ1n) is 12.8. The number of aliphatic hydroxyl groups excluding tert-OH is 1. The van der Waals surface area contributed by atoms with Crippen molar-refractivity contribution in [1.82, 2.24) is 0 Å². The fourth-order valence-electron chi connectivity index (χ4n) is 6.98. The van der Waals surface area contributed by atoms with E-state index in [-0.39, 0.29) is 5.04 Å². The van der Waals surface area contributed by atoms with Gasteiger partial charge in [-0.2, -0.15) is 0 Å². The van der Waals surface area contributed by atoms with Crippen LogP contribution < -0.4 is 0 Å². The van der Waals surface area contributed by atoms with Crippen LogP contribution >= 0.6 is 0 Å². The molecule has 0 aliphatic heterocycles. The summed E-state index contributed by atoms with van der Waals surface area (Å²) in [5, 5.41) is 9.83. The maximum Gasteiger partial charge on any atom is 0.188 e. The van der Waals surface area contributed by atoms with Gasteiger partial charge in [-0.05, 0) is 111 Å². The quantitative estimate of drug-likeness (QED) is 0.419. The maximum atomic E-state index is 10.7. The van der Waals surface area contributed by atoms with Crippen molar-refractivity contribution < 1.29 is 9.90 Å². The molecule has 3 aliphatic rings. The van der Waals surface area contributed by atoms with Crippen LogP contribution in [-0.2, 0) is 0 Å². The first kappa shape index (κ1) is 25.0. The molecule has 0 radical (unpaired) electrons. The van der Waals surface area contributed by atoms with Crippen molar-refractivity contribution >= 4 is 8.32 Å². The van der Waals surface area contributed by atoms with E-state index in [9.17, 15) is 9.90 Å². The van der Waals surface area contributed by atoms with Crippen LogP contribution in [0.25, 0.3) is 0 Å². The molecule has 3 rings (SSSR count). The van der Waals surface area contributed by atoms with Crippen LogP contribution in [0.2, 0.25) is 18.1 Å². The van der Waals surface area contributed by atoms with Crippen LogP contribution in [0, 0.1) is 29.1 Å². The summed E-state index contributed by atoms with van der Waals surface area (Å²) in [4.78, 5) is 10.7. The molecule has 3 fully saturated rings. The Bertz CT molecular complexity index is 726. The van der Waals surface area contributed by atoms with Gasteiger partial charge in [-0.15, -0.1) is 0 Å². The van der Waals surface area contributed by atoms with E-state index in [1.165, 1.54) is 49.7 Å². The van der Waals surface area contributed by atoms with E-state index >= 15 is 0 Å². The zero-order valence-corrected chi connectivity index (χ0v) is 22.1. The second-order valence-electron chi connectivity index (χ2n) is 12.5. The normalized spacial score (nSPS) is 36.1. The molecule has 2 nitrogen and oxygen atoms in total. The number of hydrogen-bond acceptors (Lipinski definition) is 2. The lowest BCUT2D eigenvalue weighted by Crippen LogP contribution is -2.40. The van der Waals surface area contributed by atoms with Gasteiger partial charge in [0.2, 0.25) is 0 Å². The van der Waals surface area contributed by atoms with Gasteiger partial charge in [0.15, 0.2) is 8.32 Å². The minimum absolute atomic E-state index is 0.0490. The van der Waals surface area contributed by atoms with Gasteiger partial charge in [0.1, 0.15) is 0 Å². The molecule has 3 heteroatoms. The highest BCUT2D eigenvalue weighted by Crippen LogP contribution is 2.59. The third kappa shape index (κ3) is 5.14. The van der Waals surface area contributed by atoms with E-state index < -0.39 is 8.32 Å². The van der Waals surface area contributed by atoms with Gasteiger partial charge < -0.3 is 9.90 Å². The summed E-state index contributed by atoms with van der Waals surface area (Å²) in [5.74, 6) is 2.40. The summed E-state index contributed by atoms with van der Waals surface area (Å²) in [7, 11) is -2.17. The van der Waals surface area contributed by atoms with Crippen LogP contribution in [0.15, 0.2) is 35.5 Å². The molecule has 31 heavy (non-hydrogen) atoms. The Labute approximate surface area is 193 Å². The lowest BCUT2D eigenvalue weighted by molar-refractivity contribution is 0.0690. The Morgan fingerprint density at radius 3 is 2.55 bits per heavy atom. The highest BCUT2D eigenvalue weighted by Gasteiger charge is 2.50. The fraction of sp³-hybridized carbons (Fsp3) is 0.786. The van der Waals surface area contributed by atoms with Crippen molar-refractivity contribution in [3.05, 3.63) is 35.5 Å². The smallest absolute Gasteiger partial charge is 0.188 e. The molecule has 2 unspecified atom stereocenters. The molecule has 176 valence electrons. The number of allylic oxidation sites excluding steroid dienone is 5. The van der Waals surface area contributed by atoms with Crippen molar-refractivity contribution in [2.24, 2.45) is 29.1 Å². The second-order valence-corrected chi connectivity index (χ2v) is 17.0. The fourth-order valence-corrected chi connectivity index (χ4v) is 7.77. The lowest BCUT2D eigenvalue weighted by atomic mass is 9.61. The molecular weight excluding hydrogens is 396 g/mol. The molecule has 0 aromatic heterocycles. The van der Waals surface area contributed by atoms with Crippen LogP contribution in [0.1, 0.15) is 85.5 Å². The van der Waals surface area contributed by atoms with Gasteiger partial charge in [0.25, 0.3) is 0 Å². The largest absolute Gasteiger partial charge is 0.432 e. The molecule has 0 heterocycles. The van der Waals surface area contributed by atoms with E-state index in [0.717, 1.165) is 19.3 Å². The van der Waals surface area contributed by atoms with Gasteiger partial charge in [-0.25, -0.2) is 0 Å². The van der Waals surface area contributed by atoms with Gasteiger partial charge in [0.05, 0.1) is 0 Å². The van der Waals surface area contributed by atoms with Crippen LogP contribution in [0.4, 0.5) is 0 Å². The van der Waals surface area contributed by atoms with Gasteiger partial charge in [0, 0.05) is 6.61 Å². The first-order valence-corrected chi connectivity index (χ1v) is 15.7. The minimum atomic E-state index is -2.17. The molecule has 5 atom stereocenters. The number of rotatable bonds is 6. The Balaban J connectivity index is 1.75. The molecule has 0 saturated heterocycles. The first-order chi connectivity index (χ1) is 14.4. The molecule has 0 spiro atoms. The van der Waals surface area contributed by atoms with Crippen LogP contribution in [0.5, 0.6) is 0 Å². The van der Waals surface area contributed by atoms with Gasteiger partial charge >= 0.3 is 0 Å². The summed E-state index contributed by atoms with van der Waals surface area (Å²) in [6.45, 7) is 18.2. The van der Waals surface area contributed by atoms with Crippen molar-refractivity contribution in [2.75, 3.05) is 6.61 Å². The molecule has 0 aromatic carbocycles. The minimum Gasteiger partial charge on any atom is -0.432 e. The topological polar surface area (TPSA) is 40.5 Å². The second kappa shape index (κ2) is 9.31. The van der Waals surface area contributed by atoms with Crippen LogP contribution in [-0.4, -0.2) is 24.8 Å². The molecule has 0 aromatic rings. The third-order valence-corrected chi connectivity index (χ3v) is 13.3. The standard InChI is InChI=1S/C28H48O2Si/c1-20-10-11-22(18-27(3,4)31(6,7)30)17-24(20)13-12-23-9-8-16-28(5)25(21(2)19-29)14-15-26(23)28/h12-13,21-22,25-26,29-30H,1,8-11,14-19H2,2-7H3/b23-12+,24-13+/t21-,22+,25?,26?,28-/m1/s1. The molecule has 3 saturated carbocycles. The highest BCUT2D eigenvalue weighted by molar-refractivity contribution is 6.72. The van der Waals surface area contributed by atoms with Gasteiger partial charge in [-0.3, -0.25) is 0 Å². The number of hydrogen-bond donors (Lipinski definition) is 2. The maximum absolute atomic E-state index is 10.7. The van der Waals surface area contributed by atoms with Crippen molar-refractivity contribution in [1.29, 1.82) is 0 Å². The molecule has 3 aliphatic carbocycles. The van der Waals surface area contributed by atoms with Crippen molar-refractivity contribution in [3.63, 3.8) is 0 Å². The summed E-state index contributed by atoms with van der Waals surface area (Å²) in [6, 6.07) is 0. The zero-order chi connectivity index (χ0) is 23.0. The van der Waals surface area contributed by atoms with Crippen molar-refractivity contribution in [3.8, 4) is 0 Å². The summed E-state index contributed by atoms with van der Waals surface area (Å²) in [5.41, 5.74) is 4.77. The molecular formula is C28H48O2Si. The predicted octanol–water partition coefficient (Wildman–Crippen LogP) is 7.41. The Morgan fingerprint density at radius 1 is 1.19 bits per heavy atom. The van der Waals surface area contributed by atoms with Gasteiger partial charge in [-0.1, -0.05) is 57.6 Å².